The Morgan fingerprint density at radius 1 is 1.50 bits per heavy atom. The van der Waals surface area contributed by atoms with Crippen LogP contribution in [0.3, 0.4) is 0 Å². The second-order valence-corrected chi connectivity index (χ2v) is 3.26. The number of hydrogen-bond acceptors (Lipinski definition) is 5. The minimum atomic E-state index is 0.0843. The summed E-state index contributed by atoms with van der Waals surface area (Å²) in [5, 5.41) is 11.9. The van der Waals surface area contributed by atoms with Crippen molar-refractivity contribution < 1.29 is 5.11 Å². The number of nitrogens with one attached hydrogen (secondary N) is 1. The van der Waals surface area contributed by atoms with E-state index in [4.69, 9.17) is 5.11 Å². The van der Waals surface area contributed by atoms with Gasteiger partial charge < -0.3 is 10.4 Å². The lowest BCUT2D eigenvalue weighted by atomic mass is 10.3. The molecule has 1 heterocycles. The molecule has 0 aromatic carbocycles. The third-order valence-electron chi connectivity index (χ3n) is 1.90. The molecule has 0 saturated heterocycles. The molecule has 0 aromatic heterocycles. The fraction of sp³-hybridized carbons (Fsp3) is 0.364. The van der Waals surface area contributed by atoms with Crippen molar-refractivity contribution in [1.82, 2.24) is 5.32 Å². The highest BCUT2D eigenvalue weighted by molar-refractivity contribution is 5.79. The first-order chi connectivity index (χ1) is 7.83. The maximum Gasteiger partial charge on any atom is 0.124 e. The van der Waals surface area contributed by atoms with Crippen LogP contribution in [0.2, 0.25) is 0 Å². The molecule has 0 spiro atoms. The maximum absolute atomic E-state index is 8.81. The van der Waals surface area contributed by atoms with Gasteiger partial charge in [0.1, 0.15) is 18.5 Å². The Bertz CT molecular complexity index is 353. The highest BCUT2D eigenvalue weighted by atomic mass is 16.3. The zero-order valence-corrected chi connectivity index (χ0v) is 9.30. The van der Waals surface area contributed by atoms with E-state index in [1.54, 1.807) is 6.21 Å². The molecule has 1 aliphatic heterocycles. The molecule has 1 aliphatic rings. The van der Waals surface area contributed by atoms with E-state index in [9.17, 15) is 0 Å². The van der Waals surface area contributed by atoms with E-state index in [2.05, 4.69) is 20.3 Å². The molecular weight excluding hydrogens is 204 g/mol. The van der Waals surface area contributed by atoms with Crippen LogP contribution < -0.4 is 5.32 Å². The van der Waals surface area contributed by atoms with Crippen molar-refractivity contribution in [2.45, 2.75) is 13.3 Å². The van der Waals surface area contributed by atoms with Crippen molar-refractivity contribution in [2.75, 3.05) is 13.2 Å². The van der Waals surface area contributed by atoms with Gasteiger partial charge in [-0.3, -0.25) is 0 Å². The second kappa shape index (κ2) is 7.53. The van der Waals surface area contributed by atoms with E-state index in [-0.39, 0.29) is 6.61 Å². The van der Waals surface area contributed by atoms with Crippen LogP contribution in [0.15, 0.2) is 38.5 Å². The molecule has 0 unspecified atom stereocenters. The number of aliphatic imine (C=N–C) groups is 3. The summed E-state index contributed by atoms with van der Waals surface area (Å²) in [5.74, 6) is 0.757. The lowest BCUT2D eigenvalue weighted by Crippen LogP contribution is -2.12. The fourth-order valence-electron chi connectivity index (χ4n) is 1.00. The second-order valence-electron chi connectivity index (χ2n) is 3.26. The normalized spacial score (nSPS) is 16.4. The Morgan fingerprint density at radius 2 is 2.38 bits per heavy atom. The fourth-order valence-corrected chi connectivity index (χ4v) is 1.00. The van der Waals surface area contributed by atoms with Crippen molar-refractivity contribution in [2.24, 2.45) is 15.0 Å². The molecule has 0 saturated carbocycles. The predicted octanol–water partition coefficient (Wildman–Crippen LogP) is 0.887. The monoisotopic (exact) mass is 220 g/mol. The number of hydrogen-bond donors (Lipinski definition) is 2. The van der Waals surface area contributed by atoms with E-state index in [1.165, 1.54) is 12.7 Å². The summed E-state index contributed by atoms with van der Waals surface area (Å²) in [4.78, 5) is 11.9. The molecule has 5 heteroatoms. The van der Waals surface area contributed by atoms with Gasteiger partial charge in [-0.1, -0.05) is 11.6 Å². The van der Waals surface area contributed by atoms with Crippen LogP contribution >= 0.6 is 0 Å². The smallest absolute Gasteiger partial charge is 0.124 e. The standard InChI is InChI=1S/C11H16N4O/c1-10(7-16)4-6-14-11-3-2-5-12-8-13-9-15-11/h3-5,8-9,14,16H,2,6-7H2,1H3/b10-4+,11-3?,12-5?,13-8?,15-9?. The molecule has 1 rings (SSSR count). The number of aliphatic hydroxyl groups excluding tert-OH is 1. The van der Waals surface area contributed by atoms with Gasteiger partial charge in [-0.15, -0.1) is 0 Å². The quantitative estimate of drug-likeness (QED) is 0.691. The van der Waals surface area contributed by atoms with Crippen molar-refractivity contribution >= 4 is 18.9 Å². The summed E-state index contributed by atoms with van der Waals surface area (Å²) in [6.07, 6.45) is 9.22. The first-order valence-electron chi connectivity index (χ1n) is 5.09. The molecule has 5 nitrogen and oxygen atoms in total. The van der Waals surface area contributed by atoms with Crippen molar-refractivity contribution in [3.8, 4) is 0 Å². The Balaban J connectivity index is 2.49. The molecule has 0 amide bonds. The van der Waals surface area contributed by atoms with Crippen LogP contribution in [0.25, 0.3) is 0 Å². The zero-order valence-electron chi connectivity index (χ0n) is 9.30. The SMILES string of the molecule is C/C(=C\CNC1=CCC=NC=NC=N1)CO. The van der Waals surface area contributed by atoms with Gasteiger partial charge in [-0.2, -0.15) is 0 Å². The average molecular weight is 220 g/mol. The van der Waals surface area contributed by atoms with Gasteiger partial charge in [0.05, 0.1) is 6.61 Å². The molecule has 0 aromatic rings. The molecular formula is C11H16N4O. The Hall–Kier alpha value is -1.75. The number of aliphatic hydroxyl groups is 1. The summed E-state index contributed by atoms with van der Waals surface area (Å²) in [6, 6.07) is 0. The first kappa shape index (κ1) is 12.3. The highest BCUT2D eigenvalue weighted by Crippen LogP contribution is 1.95. The molecule has 16 heavy (non-hydrogen) atoms. The summed E-state index contributed by atoms with van der Waals surface area (Å²) >= 11 is 0. The lowest BCUT2D eigenvalue weighted by Gasteiger charge is -2.03. The number of rotatable bonds is 4. The van der Waals surface area contributed by atoms with Gasteiger partial charge in [0.2, 0.25) is 0 Å². The largest absolute Gasteiger partial charge is 0.392 e. The van der Waals surface area contributed by atoms with Gasteiger partial charge in [0, 0.05) is 19.2 Å². The average Bonchev–Trinajstić information content (AvgIpc) is 2.42. The maximum atomic E-state index is 8.81. The minimum absolute atomic E-state index is 0.0843. The van der Waals surface area contributed by atoms with E-state index in [0.29, 0.717) is 13.0 Å². The van der Waals surface area contributed by atoms with Crippen LogP contribution in [-0.2, 0) is 0 Å². The third kappa shape index (κ3) is 5.21. The molecule has 86 valence electrons. The van der Waals surface area contributed by atoms with Crippen molar-refractivity contribution in [3.05, 3.63) is 23.5 Å². The van der Waals surface area contributed by atoms with Crippen molar-refractivity contribution in [3.63, 3.8) is 0 Å². The van der Waals surface area contributed by atoms with Crippen molar-refractivity contribution in [1.29, 1.82) is 0 Å². The summed E-state index contributed by atoms with van der Waals surface area (Å²) in [7, 11) is 0. The molecule has 0 radical (unpaired) electrons. The molecule has 2 N–H and O–H groups in total. The first-order valence-corrected chi connectivity index (χ1v) is 5.09. The van der Waals surface area contributed by atoms with Gasteiger partial charge >= 0.3 is 0 Å². The van der Waals surface area contributed by atoms with Gasteiger partial charge in [0.25, 0.3) is 0 Å². The lowest BCUT2D eigenvalue weighted by molar-refractivity contribution is 0.331. The Kier molecular flexibility index (Phi) is 5.80. The summed E-state index contributed by atoms with van der Waals surface area (Å²) < 4.78 is 0. The molecule has 0 bridgehead atoms. The van der Waals surface area contributed by atoms with E-state index >= 15 is 0 Å². The van der Waals surface area contributed by atoms with Crippen LogP contribution in [0.5, 0.6) is 0 Å². The third-order valence-corrected chi connectivity index (χ3v) is 1.90. The van der Waals surface area contributed by atoms with Gasteiger partial charge in [-0.05, 0) is 13.0 Å². The zero-order chi connectivity index (χ0) is 11.6. The summed E-state index contributed by atoms with van der Waals surface area (Å²) in [6.45, 7) is 2.59. The van der Waals surface area contributed by atoms with E-state index < -0.39 is 0 Å². The molecule has 0 atom stereocenters. The Labute approximate surface area is 95.0 Å². The van der Waals surface area contributed by atoms with Crippen LogP contribution in [0.4, 0.5) is 0 Å². The molecule has 0 aliphatic carbocycles. The van der Waals surface area contributed by atoms with E-state index in [1.807, 2.05) is 19.1 Å². The minimum Gasteiger partial charge on any atom is -0.392 e. The van der Waals surface area contributed by atoms with E-state index in [0.717, 1.165) is 11.4 Å². The van der Waals surface area contributed by atoms with Crippen LogP contribution in [0.1, 0.15) is 13.3 Å². The number of allylic oxidation sites excluding steroid dienone is 1. The Morgan fingerprint density at radius 3 is 3.19 bits per heavy atom. The summed E-state index contributed by atoms with van der Waals surface area (Å²) in [5.41, 5.74) is 0.930. The van der Waals surface area contributed by atoms with Gasteiger partial charge in [0.15, 0.2) is 0 Å². The highest BCUT2D eigenvalue weighted by Gasteiger charge is 1.91. The molecule has 0 fully saturated rings. The van der Waals surface area contributed by atoms with Crippen LogP contribution in [-0.4, -0.2) is 37.1 Å². The van der Waals surface area contributed by atoms with Gasteiger partial charge in [-0.25, -0.2) is 15.0 Å². The number of nitrogens with zero attached hydrogens (tertiary/aromatic N) is 3. The van der Waals surface area contributed by atoms with Crippen LogP contribution in [0, 0.1) is 0 Å². The predicted molar refractivity (Wildman–Crippen MR) is 67.0 cm³/mol. The topological polar surface area (TPSA) is 69.3 Å².